The second-order valence-electron chi connectivity index (χ2n) is 4.87. The van der Waals surface area contributed by atoms with Crippen molar-refractivity contribution in [2.75, 3.05) is 6.54 Å². The van der Waals surface area contributed by atoms with Gasteiger partial charge in [-0.1, -0.05) is 19.9 Å². The van der Waals surface area contributed by atoms with Crippen LogP contribution >= 0.6 is 0 Å². The van der Waals surface area contributed by atoms with Crippen molar-refractivity contribution in [1.29, 1.82) is 0 Å². The number of nitro groups is 1. The van der Waals surface area contributed by atoms with E-state index in [-0.39, 0.29) is 23.0 Å². The highest BCUT2D eigenvalue weighted by Gasteiger charge is 2.21. The Kier molecular flexibility index (Phi) is 5.21. The molecule has 0 radical (unpaired) electrons. The van der Waals surface area contributed by atoms with E-state index in [1.165, 1.54) is 19.1 Å². The zero-order valence-electron chi connectivity index (χ0n) is 11.5. The molecular formula is C12H18N2O5S. The molecule has 7 nitrogen and oxygen atoms in total. The van der Waals surface area contributed by atoms with Crippen molar-refractivity contribution in [2.24, 2.45) is 5.92 Å². The highest BCUT2D eigenvalue weighted by Crippen LogP contribution is 2.22. The van der Waals surface area contributed by atoms with E-state index in [9.17, 15) is 23.6 Å². The van der Waals surface area contributed by atoms with Gasteiger partial charge in [-0.15, -0.1) is 0 Å². The van der Waals surface area contributed by atoms with Gasteiger partial charge in [0, 0.05) is 18.2 Å². The SMILES string of the molecule is Cc1ccc(S(=O)(=O)NCC(O)C(C)C)cc1[N+](=O)[O-]. The molecule has 0 fully saturated rings. The Bertz CT molecular complexity index is 598. The number of nitrogens with one attached hydrogen (secondary N) is 1. The number of sulfonamides is 1. The first-order chi connectivity index (χ1) is 9.15. The molecule has 0 amide bonds. The predicted molar refractivity (Wildman–Crippen MR) is 73.9 cm³/mol. The molecule has 0 bridgehead atoms. The minimum atomic E-state index is -3.88. The van der Waals surface area contributed by atoms with Gasteiger partial charge in [0.1, 0.15) is 0 Å². The smallest absolute Gasteiger partial charge is 0.273 e. The standard InChI is InChI=1S/C12H18N2O5S/c1-8(2)12(15)7-13-20(18,19)10-5-4-9(3)11(6-10)14(16)17/h4-6,8,12-13,15H,7H2,1-3H3. The van der Waals surface area contributed by atoms with Crippen molar-refractivity contribution in [3.63, 3.8) is 0 Å². The van der Waals surface area contributed by atoms with E-state index in [1.807, 2.05) is 0 Å². The van der Waals surface area contributed by atoms with Gasteiger partial charge in [0.15, 0.2) is 0 Å². The van der Waals surface area contributed by atoms with E-state index in [2.05, 4.69) is 4.72 Å². The van der Waals surface area contributed by atoms with Crippen LogP contribution in [0.5, 0.6) is 0 Å². The fraction of sp³-hybridized carbons (Fsp3) is 0.500. The van der Waals surface area contributed by atoms with Gasteiger partial charge >= 0.3 is 0 Å². The van der Waals surface area contributed by atoms with Crippen molar-refractivity contribution >= 4 is 15.7 Å². The minimum absolute atomic E-state index is 0.0925. The summed E-state index contributed by atoms with van der Waals surface area (Å²) in [4.78, 5) is 9.99. The van der Waals surface area contributed by atoms with Crippen LogP contribution in [0.3, 0.4) is 0 Å². The Morgan fingerprint density at radius 3 is 2.50 bits per heavy atom. The maximum absolute atomic E-state index is 12.0. The minimum Gasteiger partial charge on any atom is -0.391 e. The Labute approximate surface area is 117 Å². The normalized spacial score (nSPS) is 13.4. The lowest BCUT2D eigenvalue weighted by molar-refractivity contribution is -0.385. The first-order valence-corrected chi connectivity index (χ1v) is 7.56. The molecule has 20 heavy (non-hydrogen) atoms. The Morgan fingerprint density at radius 2 is 2.00 bits per heavy atom. The van der Waals surface area contributed by atoms with Crippen molar-refractivity contribution in [1.82, 2.24) is 4.72 Å². The molecule has 1 aromatic carbocycles. The van der Waals surface area contributed by atoms with Gasteiger partial charge in [-0.05, 0) is 18.9 Å². The molecule has 0 aliphatic rings. The van der Waals surface area contributed by atoms with Crippen LogP contribution in [0, 0.1) is 23.0 Å². The summed E-state index contributed by atoms with van der Waals surface area (Å²) in [6, 6.07) is 3.69. The molecular weight excluding hydrogens is 284 g/mol. The molecule has 0 spiro atoms. The number of nitrogens with zero attached hydrogens (tertiary/aromatic N) is 1. The molecule has 1 aromatic rings. The Morgan fingerprint density at radius 1 is 1.40 bits per heavy atom. The Balaban J connectivity index is 2.99. The molecule has 2 N–H and O–H groups in total. The summed E-state index contributed by atoms with van der Waals surface area (Å²) in [6.07, 6.45) is -0.815. The van der Waals surface area contributed by atoms with Crippen molar-refractivity contribution in [3.8, 4) is 0 Å². The number of hydrogen-bond acceptors (Lipinski definition) is 5. The topological polar surface area (TPSA) is 110 Å². The van der Waals surface area contributed by atoms with Gasteiger partial charge < -0.3 is 5.11 Å². The molecule has 0 saturated carbocycles. The molecule has 1 unspecified atom stereocenters. The van der Waals surface area contributed by atoms with Crippen LogP contribution in [0.1, 0.15) is 19.4 Å². The van der Waals surface area contributed by atoms with E-state index < -0.39 is 21.1 Å². The number of rotatable bonds is 6. The predicted octanol–water partition coefficient (Wildman–Crippen LogP) is 1.20. The zero-order valence-corrected chi connectivity index (χ0v) is 12.3. The van der Waals surface area contributed by atoms with Gasteiger partial charge in [-0.2, -0.15) is 0 Å². The average molecular weight is 302 g/mol. The second-order valence-corrected chi connectivity index (χ2v) is 6.64. The number of aliphatic hydroxyl groups excluding tert-OH is 1. The number of hydrogen-bond donors (Lipinski definition) is 2. The van der Waals surface area contributed by atoms with Crippen LogP contribution in [0.2, 0.25) is 0 Å². The molecule has 0 aromatic heterocycles. The quantitative estimate of drug-likeness (QED) is 0.606. The maximum Gasteiger partial charge on any atom is 0.273 e. The van der Waals surface area contributed by atoms with E-state index in [4.69, 9.17) is 0 Å². The first kappa shape index (κ1) is 16.5. The highest BCUT2D eigenvalue weighted by molar-refractivity contribution is 7.89. The molecule has 0 saturated heterocycles. The van der Waals surface area contributed by atoms with Gasteiger partial charge in [0.25, 0.3) is 5.69 Å². The average Bonchev–Trinajstić information content (AvgIpc) is 2.35. The molecule has 1 rings (SSSR count). The fourth-order valence-electron chi connectivity index (χ4n) is 1.47. The van der Waals surface area contributed by atoms with Gasteiger partial charge in [0.2, 0.25) is 10.0 Å². The van der Waals surface area contributed by atoms with E-state index in [0.717, 1.165) is 6.07 Å². The van der Waals surface area contributed by atoms with Crippen LogP contribution in [-0.4, -0.2) is 31.1 Å². The van der Waals surface area contributed by atoms with E-state index in [0.29, 0.717) is 5.56 Å². The molecule has 112 valence electrons. The first-order valence-electron chi connectivity index (χ1n) is 6.08. The summed E-state index contributed by atoms with van der Waals surface area (Å²) in [5, 5.41) is 20.4. The summed E-state index contributed by atoms with van der Waals surface area (Å²) in [7, 11) is -3.88. The molecule has 1 atom stereocenters. The van der Waals surface area contributed by atoms with E-state index in [1.54, 1.807) is 13.8 Å². The second kappa shape index (κ2) is 6.29. The van der Waals surface area contributed by atoms with Crippen LogP contribution in [0.25, 0.3) is 0 Å². The third-order valence-electron chi connectivity index (χ3n) is 2.94. The summed E-state index contributed by atoms with van der Waals surface area (Å²) < 4.78 is 26.2. The fourth-order valence-corrected chi connectivity index (χ4v) is 2.54. The maximum atomic E-state index is 12.0. The number of benzene rings is 1. The lowest BCUT2D eigenvalue weighted by Crippen LogP contribution is -2.34. The summed E-state index contributed by atoms with van der Waals surface area (Å²) in [5.74, 6) is -0.0925. The van der Waals surface area contributed by atoms with E-state index >= 15 is 0 Å². The molecule has 0 aliphatic carbocycles. The third-order valence-corrected chi connectivity index (χ3v) is 4.36. The van der Waals surface area contributed by atoms with Crippen molar-refractivity contribution in [2.45, 2.75) is 31.8 Å². The van der Waals surface area contributed by atoms with Gasteiger partial charge in [-0.25, -0.2) is 13.1 Å². The lowest BCUT2D eigenvalue weighted by Gasteiger charge is -2.15. The summed E-state index contributed by atoms with van der Waals surface area (Å²) in [6.45, 7) is 4.91. The van der Waals surface area contributed by atoms with Crippen LogP contribution < -0.4 is 4.72 Å². The lowest BCUT2D eigenvalue weighted by atomic mass is 10.1. The monoisotopic (exact) mass is 302 g/mol. The summed E-state index contributed by atoms with van der Waals surface area (Å²) in [5.41, 5.74) is 0.133. The van der Waals surface area contributed by atoms with Crippen molar-refractivity contribution in [3.05, 3.63) is 33.9 Å². The van der Waals surface area contributed by atoms with Crippen LogP contribution in [0.4, 0.5) is 5.69 Å². The van der Waals surface area contributed by atoms with Crippen molar-refractivity contribution < 1.29 is 18.4 Å². The third kappa shape index (κ3) is 3.99. The van der Waals surface area contributed by atoms with Crippen LogP contribution in [0.15, 0.2) is 23.1 Å². The van der Waals surface area contributed by atoms with Gasteiger partial charge in [0.05, 0.1) is 15.9 Å². The zero-order chi connectivity index (χ0) is 15.5. The number of aryl methyl sites for hydroxylation is 1. The Hall–Kier alpha value is -1.51. The summed E-state index contributed by atoms with van der Waals surface area (Å²) >= 11 is 0. The number of nitro benzene ring substituents is 1. The molecule has 0 heterocycles. The highest BCUT2D eigenvalue weighted by atomic mass is 32.2. The van der Waals surface area contributed by atoms with Gasteiger partial charge in [-0.3, -0.25) is 10.1 Å². The number of aliphatic hydroxyl groups is 1. The molecule has 0 aliphatic heterocycles. The molecule has 8 heteroatoms. The largest absolute Gasteiger partial charge is 0.391 e. The van der Waals surface area contributed by atoms with Crippen LogP contribution in [-0.2, 0) is 10.0 Å².